The maximum Gasteiger partial charge on any atom is 0.155 e. The molecule has 0 heterocycles. The van der Waals surface area contributed by atoms with Crippen molar-refractivity contribution in [2.75, 3.05) is 0 Å². The molecule has 0 N–H and O–H groups in total. The average molecular weight is 341 g/mol. The van der Waals surface area contributed by atoms with Gasteiger partial charge in [-0.15, -0.1) is 0 Å². The molecule has 4 aliphatic carbocycles. The van der Waals surface area contributed by atoms with Crippen LogP contribution in [0.5, 0.6) is 0 Å². The number of hydrogen-bond donors (Lipinski definition) is 0. The van der Waals surface area contributed by atoms with E-state index in [-0.39, 0.29) is 10.8 Å². The average Bonchev–Trinajstić information content (AvgIpc) is 2.84. The van der Waals surface area contributed by atoms with Gasteiger partial charge in [0.25, 0.3) is 0 Å². The highest BCUT2D eigenvalue weighted by molar-refractivity contribution is 5.91. The van der Waals surface area contributed by atoms with E-state index in [4.69, 9.17) is 0 Å². The largest absolute Gasteiger partial charge is 0.299 e. The Labute approximate surface area is 152 Å². The van der Waals surface area contributed by atoms with E-state index in [0.29, 0.717) is 41.7 Å². The summed E-state index contributed by atoms with van der Waals surface area (Å²) in [5.41, 5.74) is 1.51. The first-order valence-corrected chi connectivity index (χ1v) is 10.3. The standard InChI is InChI=1S/C23H32O2/c1-4-5-6-15-13-20(25)23(3)12-10-19-18(21(15)23)8-7-16-14-17(24)9-11-22(16,19)2/h5-6,14-15,18-19,21H,4,7-13H2,1-3H3/t15-,18+,19-,21-,22-,23+/m0/s1. The lowest BCUT2D eigenvalue weighted by Crippen LogP contribution is -2.51. The summed E-state index contributed by atoms with van der Waals surface area (Å²) in [5, 5.41) is 0. The van der Waals surface area contributed by atoms with E-state index in [1.54, 1.807) is 0 Å². The van der Waals surface area contributed by atoms with Crippen molar-refractivity contribution in [3.8, 4) is 0 Å². The van der Waals surface area contributed by atoms with Crippen LogP contribution in [-0.2, 0) is 9.59 Å². The highest BCUT2D eigenvalue weighted by Crippen LogP contribution is 2.65. The van der Waals surface area contributed by atoms with Crippen LogP contribution in [0, 0.1) is 34.5 Å². The summed E-state index contributed by atoms with van der Waals surface area (Å²) in [5.74, 6) is 3.08. The maximum absolute atomic E-state index is 12.9. The summed E-state index contributed by atoms with van der Waals surface area (Å²) in [6.07, 6.45) is 14.6. The molecule has 0 aromatic heterocycles. The first-order chi connectivity index (χ1) is 11.9. The zero-order valence-electron chi connectivity index (χ0n) is 16.0. The summed E-state index contributed by atoms with van der Waals surface area (Å²) in [6, 6.07) is 0. The molecule has 0 spiro atoms. The molecule has 0 aromatic rings. The van der Waals surface area contributed by atoms with E-state index in [2.05, 4.69) is 32.9 Å². The third-order valence-electron chi connectivity index (χ3n) is 8.35. The fourth-order valence-corrected chi connectivity index (χ4v) is 7.00. The molecule has 0 aromatic carbocycles. The summed E-state index contributed by atoms with van der Waals surface area (Å²) >= 11 is 0. The lowest BCUT2D eigenvalue weighted by Gasteiger charge is -2.57. The predicted molar refractivity (Wildman–Crippen MR) is 100 cm³/mol. The topological polar surface area (TPSA) is 34.1 Å². The first-order valence-electron chi connectivity index (χ1n) is 10.3. The number of carbonyl (C=O) groups excluding carboxylic acids is 2. The van der Waals surface area contributed by atoms with E-state index in [1.807, 2.05) is 6.08 Å². The Bertz CT molecular complexity index is 657. The van der Waals surface area contributed by atoms with Crippen molar-refractivity contribution in [3.63, 3.8) is 0 Å². The van der Waals surface area contributed by atoms with Crippen LogP contribution in [0.2, 0.25) is 0 Å². The summed E-state index contributed by atoms with van der Waals surface area (Å²) in [7, 11) is 0. The molecule has 4 aliphatic rings. The van der Waals surface area contributed by atoms with Crippen molar-refractivity contribution in [1.82, 2.24) is 0 Å². The molecule has 4 rings (SSSR count). The second-order valence-corrected chi connectivity index (χ2v) is 9.47. The van der Waals surface area contributed by atoms with Crippen molar-refractivity contribution in [2.24, 2.45) is 34.5 Å². The van der Waals surface area contributed by atoms with Crippen molar-refractivity contribution in [3.05, 3.63) is 23.8 Å². The Morgan fingerprint density at radius 3 is 2.68 bits per heavy atom. The second-order valence-electron chi connectivity index (χ2n) is 9.47. The smallest absolute Gasteiger partial charge is 0.155 e. The summed E-state index contributed by atoms with van der Waals surface area (Å²) in [6.45, 7) is 6.85. The molecule has 0 aliphatic heterocycles. The van der Waals surface area contributed by atoms with Crippen LogP contribution in [0.3, 0.4) is 0 Å². The highest BCUT2D eigenvalue weighted by Gasteiger charge is 2.61. The van der Waals surface area contributed by atoms with Crippen molar-refractivity contribution < 1.29 is 9.59 Å². The minimum Gasteiger partial charge on any atom is -0.299 e. The van der Waals surface area contributed by atoms with Crippen LogP contribution in [0.25, 0.3) is 0 Å². The Morgan fingerprint density at radius 2 is 1.92 bits per heavy atom. The van der Waals surface area contributed by atoms with Crippen LogP contribution in [0.15, 0.2) is 23.8 Å². The summed E-state index contributed by atoms with van der Waals surface area (Å²) < 4.78 is 0. The van der Waals surface area contributed by atoms with Gasteiger partial charge in [0.05, 0.1) is 0 Å². The Hall–Kier alpha value is -1.18. The minimum absolute atomic E-state index is 0.105. The zero-order chi connectivity index (χ0) is 17.8. The van der Waals surface area contributed by atoms with Crippen molar-refractivity contribution in [2.45, 2.75) is 72.1 Å². The van der Waals surface area contributed by atoms with Gasteiger partial charge in [0.15, 0.2) is 5.78 Å². The lowest BCUT2D eigenvalue weighted by molar-refractivity contribution is -0.132. The van der Waals surface area contributed by atoms with E-state index >= 15 is 0 Å². The van der Waals surface area contributed by atoms with Gasteiger partial charge in [-0.3, -0.25) is 9.59 Å². The highest BCUT2D eigenvalue weighted by atomic mass is 16.1. The molecule has 0 amide bonds. The van der Waals surface area contributed by atoms with Gasteiger partial charge in [0, 0.05) is 18.3 Å². The zero-order valence-corrected chi connectivity index (χ0v) is 16.0. The van der Waals surface area contributed by atoms with Crippen LogP contribution in [0.4, 0.5) is 0 Å². The molecule has 3 saturated carbocycles. The Balaban J connectivity index is 1.71. The Kier molecular flexibility index (Phi) is 4.09. The molecule has 6 atom stereocenters. The number of Topliss-reactive ketones (excluding diaryl/α,β-unsaturated/α-hetero) is 1. The van der Waals surface area contributed by atoms with Gasteiger partial charge in [-0.2, -0.15) is 0 Å². The van der Waals surface area contributed by atoms with E-state index in [9.17, 15) is 9.59 Å². The lowest BCUT2D eigenvalue weighted by atomic mass is 9.46. The molecule has 3 fully saturated rings. The molecule has 136 valence electrons. The van der Waals surface area contributed by atoms with Crippen molar-refractivity contribution in [1.29, 1.82) is 0 Å². The van der Waals surface area contributed by atoms with Gasteiger partial charge < -0.3 is 0 Å². The molecule has 0 bridgehead atoms. The number of rotatable bonds is 2. The van der Waals surface area contributed by atoms with Crippen molar-refractivity contribution >= 4 is 11.6 Å². The molecule has 25 heavy (non-hydrogen) atoms. The number of allylic oxidation sites excluding steroid dienone is 3. The summed E-state index contributed by atoms with van der Waals surface area (Å²) in [4.78, 5) is 24.8. The molecule has 0 radical (unpaired) electrons. The number of hydrogen-bond acceptors (Lipinski definition) is 2. The van der Waals surface area contributed by atoms with Gasteiger partial charge in [0.2, 0.25) is 0 Å². The third kappa shape index (κ3) is 2.43. The molecule has 0 unspecified atom stereocenters. The SMILES string of the molecule is CCC=C[C@H]1CC(=O)[C@@]2(C)CC[C@H]3[C@@H](CCC4=CC(=O)CC[C@@]43C)[C@H]12. The van der Waals surface area contributed by atoms with Gasteiger partial charge >= 0.3 is 0 Å². The van der Waals surface area contributed by atoms with Gasteiger partial charge in [-0.05, 0) is 73.7 Å². The van der Waals surface area contributed by atoms with Crippen LogP contribution < -0.4 is 0 Å². The Morgan fingerprint density at radius 1 is 1.12 bits per heavy atom. The minimum atomic E-state index is -0.105. The first kappa shape index (κ1) is 17.2. The van der Waals surface area contributed by atoms with E-state index in [1.165, 1.54) is 12.0 Å². The fourth-order valence-electron chi connectivity index (χ4n) is 7.00. The van der Waals surface area contributed by atoms with Gasteiger partial charge in [0.1, 0.15) is 5.78 Å². The molecule has 2 nitrogen and oxygen atoms in total. The number of ketones is 2. The predicted octanol–water partition coefficient (Wildman–Crippen LogP) is 5.28. The molecular formula is C23H32O2. The number of carbonyl (C=O) groups is 2. The van der Waals surface area contributed by atoms with E-state index < -0.39 is 0 Å². The molecular weight excluding hydrogens is 308 g/mol. The van der Waals surface area contributed by atoms with Crippen LogP contribution in [-0.4, -0.2) is 11.6 Å². The van der Waals surface area contributed by atoms with Gasteiger partial charge in [-0.25, -0.2) is 0 Å². The normalized spacial score (nSPS) is 46.6. The van der Waals surface area contributed by atoms with Crippen LogP contribution in [0.1, 0.15) is 72.1 Å². The quantitative estimate of drug-likeness (QED) is 0.641. The molecule has 2 heteroatoms. The number of fused-ring (bicyclic) bond motifs is 5. The monoisotopic (exact) mass is 340 g/mol. The fraction of sp³-hybridized carbons (Fsp3) is 0.739. The van der Waals surface area contributed by atoms with E-state index in [0.717, 1.165) is 38.5 Å². The van der Waals surface area contributed by atoms with Gasteiger partial charge in [-0.1, -0.05) is 38.5 Å². The maximum atomic E-state index is 12.9. The molecule has 0 saturated heterocycles. The van der Waals surface area contributed by atoms with Crippen LogP contribution >= 0.6 is 0 Å². The second kappa shape index (κ2) is 5.93. The third-order valence-corrected chi connectivity index (χ3v) is 8.35.